The van der Waals surface area contributed by atoms with Crippen molar-refractivity contribution in [2.24, 2.45) is 11.8 Å². The number of amides is 2. The van der Waals surface area contributed by atoms with E-state index in [0.717, 1.165) is 38.4 Å². The molecule has 25 heavy (non-hydrogen) atoms. The molecule has 1 aromatic carbocycles. The van der Waals surface area contributed by atoms with Crippen LogP contribution in [0, 0.1) is 11.8 Å². The lowest BCUT2D eigenvalue weighted by molar-refractivity contribution is -0.134. The van der Waals surface area contributed by atoms with Gasteiger partial charge >= 0.3 is 0 Å². The van der Waals surface area contributed by atoms with E-state index in [-0.39, 0.29) is 23.7 Å². The van der Waals surface area contributed by atoms with Crippen LogP contribution in [0.15, 0.2) is 30.3 Å². The number of rotatable bonds is 7. The molecule has 1 N–H and O–H groups in total. The number of morpholine rings is 1. The molecule has 2 amide bonds. The highest BCUT2D eigenvalue weighted by molar-refractivity contribution is 5.92. The van der Waals surface area contributed by atoms with Crippen molar-refractivity contribution in [2.75, 3.05) is 46.4 Å². The number of carbonyl (C=O) groups is 2. The number of carbonyl (C=O) groups excluding carboxylic acids is 2. The fourth-order valence-electron chi connectivity index (χ4n) is 3.27. The van der Waals surface area contributed by atoms with Crippen molar-refractivity contribution < 1.29 is 14.3 Å². The number of benzene rings is 1. The van der Waals surface area contributed by atoms with E-state index >= 15 is 0 Å². The minimum Gasteiger partial charge on any atom is -0.379 e. The van der Waals surface area contributed by atoms with Crippen LogP contribution in [-0.2, 0) is 20.9 Å². The Kier molecular flexibility index (Phi) is 6.04. The third-order valence-electron chi connectivity index (χ3n) is 4.91. The summed E-state index contributed by atoms with van der Waals surface area (Å²) in [4.78, 5) is 28.7. The summed E-state index contributed by atoms with van der Waals surface area (Å²) in [6.45, 7) is 5.43. The van der Waals surface area contributed by atoms with Crippen LogP contribution < -0.4 is 5.32 Å². The smallest absolute Gasteiger partial charge is 0.226 e. The van der Waals surface area contributed by atoms with Crippen molar-refractivity contribution in [1.82, 2.24) is 15.1 Å². The highest BCUT2D eigenvalue weighted by Gasteiger charge is 2.48. The summed E-state index contributed by atoms with van der Waals surface area (Å²) in [6.07, 6.45) is 0.668. The van der Waals surface area contributed by atoms with E-state index in [2.05, 4.69) is 10.2 Å². The normalized spacial score (nSPS) is 23.1. The van der Waals surface area contributed by atoms with E-state index in [1.807, 2.05) is 30.3 Å². The van der Waals surface area contributed by atoms with Crippen molar-refractivity contribution in [2.45, 2.75) is 13.0 Å². The van der Waals surface area contributed by atoms with Gasteiger partial charge < -0.3 is 15.0 Å². The largest absolute Gasteiger partial charge is 0.379 e. The summed E-state index contributed by atoms with van der Waals surface area (Å²) in [6, 6.07) is 9.91. The van der Waals surface area contributed by atoms with Crippen molar-refractivity contribution in [1.29, 1.82) is 0 Å². The summed E-state index contributed by atoms with van der Waals surface area (Å²) in [5.41, 5.74) is 1.10. The lowest BCUT2D eigenvalue weighted by atomic mass is 10.2. The Morgan fingerprint density at radius 3 is 2.64 bits per heavy atom. The molecule has 1 saturated carbocycles. The average Bonchev–Trinajstić information content (AvgIpc) is 3.43. The van der Waals surface area contributed by atoms with Crippen molar-refractivity contribution in [3.05, 3.63) is 35.9 Å². The van der Waals surface area contributed by atoms with Gasteiger partial charge in [-0.3, -0.25) is 14.5 Å². The first-order valence-corrected chi connectivity index (χ1v) is 9.02. The van der Waals surface area contributed by atoms with E-state index in [0.29, 0.717) is 19.5 Å². The first-order valence-electron chi connectivity index (χ1n) is 9.02. The van der Waals surface area contributed by atoms with Gasteiger partial charge in [0.25, 0.3) is 0 Å². The predicted octanol–water partition coefficient (Wildman–Crippen LogP) is 0.730. The molecule has 0 bridgehead atoms. The van der Waals surface area contributed by atoms with E-state index in [1.165, 1.54) is 0 Å². The van der Waals surface area contributed by atoms with Gasteiger partial charge in [-0.1, -0.05) is 30.3 Å². The SMILES string of the molecule is CN(Cc1ccccc1)C(=O)C1CC1C(=O)NCCN1CCOCC1. The highest BCUT2D eigenvalue weighted by Crippen LogP contribution is 2.40. The first-order chi connectivity index (χ1) is 12.1. The van der Waals surface area contributed by atoms with Crippen molar-refractivity contribution in [3.63, 3.8) is 0 Å². The third kappa shape index (κ3) is 5.03. The standard InChI is InChI=1S/C19H27N3O3/c1-21(14-15-5-3-2-4-6-15)19(24)17-13-16(17)18(23)20-7-8-22-9-11-25-12-10-22/h2-6,16-17H,7-14H2,1H3,(H,20,23). The molecule has 2 fully saturated rings. The molecule has 2 atom stereocenters. The Morgan fingerprint density at radius 2 is 1.92 bits per heavy atom. The van der Waals surface area contributed by atoms with Gasteiger partial charge in [0, 0.05) is 39.8 Å². The molecule has 1 saturated heterocycles. The molecular weight excluding hydrogens is 318 g/mol. The molecule has 2 aliphatic rings. The van der Waals surface area contributed by atoms with Crippen LogP contribution in [0.3, 0.4) is 0 Å². The van der Waals surface area contributed by atoms with Crippen LogP contribution in [0.25, 0.3) is 0 Å². The molecule has 1 aromatic rings. The second kappa shape index (κ2) is 8.45. The minimum absolute atomic E-state index is 0.0136. The topological polar surface area (TPSA) is 61.9 Å². The van der Waals surface area contributed by atoms with Crippen LogP contribution >= 0.6 is 0 Å². The summed E-state index contributed by atoms with van der Waals surface area (Å²) in [5.74, 6) is -0.232. The molecule has 136 valence electrons. The molecule has 6 heteroatoms. The Labute approximate surface area is 149 Å². The molecular formula is C19H27N3O3. The van der Waals surface area contributed by atoms with Crippen LogP contribution in [0.2, 0.25) is 0 Å². The zero-order valence-corrected chi connectivity index (χ0v) is 14.8. The number of ether oxygens (including phenoxy) is 1. The first kappa shape index (κ1) is 17.9. The number of hydrogen-bond acceptors (Lipinski definition) is 4. The molecule has 0 spiro atoms. The summed E-state index contributed by atoms with van der Waals surface area (Å²) in [5, 5.41) is 2.97. The summed E-state index contributed by atoms with van der Waals surface area (Å²) >= 11 is 0. The highest BCUT2D eigenvalue weighted by atomic mass is 16.5. The second-order valence-electron chi connectivity index (χ2n) is 6.87. The van der Waals surface area contributed by atoms with E-state index < -0.39 is 0 Å². The monoisotopic (exact) mass is 345 g/mol. The van der Waals surface area contributed by atoms with Gasteiger partial charge in [-0.05, 0) is 12.0 Å². The Bertz CT molecular complexity index is 587. The van der Waals surface area contributed by atoms with Gasteiger partial charge in [-0.15, -0.1) is 0 Å². The second-order valence-corrected chi connectivity index (χ2v) is 6.87. The van der Waals surface area contributed by atoms with Gasteiger partial charge in [0.1, 0.15) is 0 Å². The maximum Gasteiger partial charge on any atom is 0.226 e. The van der Waals surface area contributed by atoms with E-state index in [1.54, 1.807) is 11.9 Å². The minimum atomic E-state index is -0.157. The number of hydrogen-bond donors (Lipinski definition) is 1. The van der Waals surface area contributed by atoms with Crippen LogP contribution in [0.1, 0.15) is 12.0 Å². The fourth-order valence-corrected chi connectivity index (χ4v) is 3.27. The zero-order valence-electron chi connectivity index (χ0n) is 14.8. The third-order valence-corrected chi connectivity index (χ3v) is 4.91. The van der Waals surface area contributed by atoms with Crippen molar-refractivity contribution in [3.8, 4) is 0 Å². The Hall–Kier alpha value is -1.92. The maximum absolute atomic E-state index is 12.5. The zero-order chi connectivity index (χ0) is 17.6. The summed E-state index contributed by atoms with van der Waals surface area (Å²) < 4.78 is 5.31. The lowest BCUT2D eigenvalue weighted by Gasteiger charge is -2.26. The maximum atomic E-state index is 12.5. The van der Waals surface area contributed by atoms with Gasteiger partial charge in [0.15, 0.2) is 0 Å². The van der Waals surface area contributed by atoms with Crippen LogP contribution in [0.4, 0.5) is 0 Å². The van der Waals surface area contributed by atoms with Gasteiger partial charge in [-0.2, -0.15) is 0 Å². The number of nitrogens with zero attached hydrogens (tertiary/aromatic N) is 2. The molecule has 6 nitrogen and oxygen atoms in total. The van der Waals surface area contributed by atoms with Gasteiger partial charge in [0.2, 0.25) is 11.8 Å². The van der Waals surface area contributed by atoms with E-state index in [4.69, 9.17) is 4.74 Å². The Morgan fingerprint density at radius 1 is 1.20 bits per heavy atom. The number of nitrogens with one attached hydrogen (secondary N) is 1. The summed E-state index contributed by atoms with van der Waals surface area (Å²) in [7, 11) is 1.81. The van der Waals surface area contributed by atoms with E-state index in [9.17, 15) is 9.59 Å². The molecule has 0 aromatic heterocycles. The Balaban J connectivity index is 1.37. The average molecular weight is 345 g/mol. The fraction of sp³-hybridized carbons (Fsp3) is 0.579. The molecule has 0 radical (unpaired) electrons. The van der Waals surface area contributed by atoms with Gasteiger partial charge in [-0.25, -0.2) is 0 Å². The van der Waals surface area contributed by atoms with Crippen LogP contribution in [0.5, 0.6) is 0 Å². The van der Waals surface area contributed by atoms with Crippen molar-refractivity contribution >= 4 is 11.8 Å². The molecule has 2 unspecified atom stereocenters. The van der Waals surface area contributed by atoms with Crippen LogP contribution in [-0.4, -0.2) is 68.1 Å². The predicted molar refractivity (Wildman–Crippen MR) is 94.8 cm³/mol. The molecule has 1 heterocycles. The molecule has 1 aliphatic carbocycles. The van der Waals surface area contributed by atoms with Gasteiger partial charge in [0.05, 0.1) is 25.0 Å². The molecule has 1 aliphatic heterocycles. The lowest BCUT2D eigenvalue weighted by Crippen LogP contribution is -2.41. The molecule has 3 rings (SSSR count). The quantitative estimate of drug-likeness (QED) is 0.791.